The number of piperazine rings is 1. The summed E-state index contributed by atoms with van der Waals surface area (Å²) in [5.41, 5.74) is -1.38. The third-order valence-electron chi connectivity index (χ3n) is 6.42. The number of hydrogen-bond donors (Lipinski definition) is 1. The van der Waals surface area contributed by atoms with Crippen LogP contribution in [0.2, 0.25) is 5.02 Å². The Hall–Kier alpha value is -3.03. The second kappa shape index (κ2) is 7.75. The van der Waals surface area contributed by atoms with Crippen LogP contribution in [0.1, 0.15) is 6.42 Å². The van der Waals surface area contributed by atoms with Gasteiger partial charge in [-0.25, -0.2) is 9.59 Å². The number of halogens is 4. The number of hydroxylamine groups is 1. The first kappa shape index (κ1) is 22.7. The van der Waals surface area contributed by atoms with E-state index in [1.165, 1.54) is 19.0 Å². The van der Waals surface area contributed by atoms with Gasteiger partial charge in [0.2, 0.25) is 6.29 Å². The Balaban J connectivity index is 1.78. The molecule has 34 heavy (non-hydrogen) atoms. The molecule has 1 N–H and O–H groups in total. The van der Waals surface area contributed by atoms with Gasteiger partial charge in [0.1, 0.15) is 0 Å². The van der Waals surface area contributed by atoms with E-state index in [1.807, 2.05) is 4.90 Å². The Bertz CT molecular complexity index is 1290. The highest BCUT2D eigenvalue weighted by molar-refractivity contribution is 6.33. The fourth-order valence-electron chi connectivity index (χ4n) is 4.89. The van der Waals surface area contributed by atoms with Crippen LogP contribution >= 0.6 is 11.6 Å². The molecule has 3 aliphatic heterocycles. The normalized spacial score (nSPS) is 24.1. The van der Waals surface area contributed by atoms with E-state index in [0.29, 0.717) is 23.8 Å². The number of rotatable bonds is 3. The molecule has 4 heterocycles. The average Bonchev–Trinajstić information content (AvgIpc) is 3.49. The predicted octanol–water partition coefficient (Wildman–Crippen LogP) is 1.05. The molecule has 2 saturated heterocycles. The van der Waals surface area contributed by atoms with E-state index in [2.05, 4.69) is 5.32 Å². The third kappa shape index (κ3) is 3.29. The van der Waals surface area contributed by atoms with Gasteiger partial charge in [-0.15, -0.1) is 5.06 Å². The van der Waals surface area contributed by atoms with Gasteiger partial charge in [-0.2, -0.15) is 13.2 Å². The van der Waals surface area contributed by atoms with Crippen LogP contribution in [0.4, 0.5) is 30.4 Å². The van der Waals surface area contributed by atoms with Crippen LogP contribution in [0.5, 0.6) is 0 Å². The van der Waals surface area contributed by atoms with Gasteiger partial charge in [0.15, 0.2) is 11.5 Å². The molecule has 3 aliphatic rings. The molecule has 0 radical (unpaired) electrons. The summed E-state index contributed by atoms with van der Waals surface area (Å²) in [7, 11) is 2.55. The van der Waals surface area contributed by atoms with Gasteiger partial charge in [0.25, 0.3) is 5.56 Å². The molecule has 2 bridgehead atoms. The van der Waals surface area contributed by atoms with Crippen molar-refractivity contribution >= 4 is 34.8 Å². The van der Waals surface area contributed by atoms with E-state index >= 15 is 0 Å². The van der Waals surface area contributed by atoms with E-state index in [-0.39, 0.29) is 28.6 Å². The molecule has 1 aromatic heterocycles. The predicted molar refractivity (Wildman–Crippen MR) is 116 cm³/mol. The molecule has 2 fully saturated rings. The van der Waals surface area contributed by atoms with Crippen LogP contribution in [0.25, 0.3) is 0 Å². The largest absolute Gasteiger partial charge is 0.493 e. The highest BCUT2D eigenvalue weighted by Gasteiger charge is 2.55. The quantitative estimate of drug-likeness (QED) is 0.668. The average molecular weight is 501 g/mol. The van der Waals surface area contributed by atoms with Crippen LogP contribution in [-0.4, -0.2) is 57.6 Å². The Labute approximate surface area is 195 Å². The number of fused-ring (bicyclic) bond motifs is 3. The van der Waals surface area contributed by atoms with Gasteiger partial charge in [0.05, 0.1) is 10.7 Å². The maximum Gasteiger partial charge on any atom is 0.493 e. The van der Waals surface area contributed by atoms with Crippen molar-refractivity contribution in [3.63, 3.8) is 0 Å². The first-order valence-electron chi connectivity index (χ1n) is 10.4. The standard InChI is InChI=1S/C20H20ClF3N6O4/c1-26-15-14(16(31)27(2)19(26)33)29(13-6-4-3-5-12(13)21)18(28-9-10-7-11(28)8-25-10)30(15)34-17(32)20(22,23)24/h3-6,10-11,18,25H,7-9H2,1-2H3. The van der Waals surface area contributed by atoms with Gasteiger partial charge in [-0.05, 0) is 18.6 Å². The number of carbonyl (C=O) groups excluding carboxylic acids is 1. The van der Waals surface area contributed by atoms with Crippen LogP contribution < -0.4 is 26.5 Å². The van der Waals surface area contributed by atoms with Gasteiger partial charge >= 0.3 is 17.8 Å². The number of benzene rings is 1. The molecule has 5 rings (SSSR count). The Morgan fingerprint density at radius 1 is 1.18 bits per heavy atom. The zero-order valence-electron chi connectivity index (χ0n) is 18.0. The minimum absolute atomic E-state index is 0.0774. The number of para-hydroxylation sites is 1. The minimum Gasteiger partial charge on any atom is -0.327 e. The van der Waals surface area contributed by atoms with Crippen molar-refractivity contribution in [2.45, 2.75) is 31.0 Å². The SMILES string of the molecule is Cn1c2c(c(=O)n(C)c1=O)N(c1ccccc1Cl)C(N1CC3CC1CN3)N2OC(=O)C(F)(F)F. The van der Waals surface area contributed by atoms with Crippen molar-refractivity contribution in [1.29, 1.82) is 0 Å². The van der Waals surface area contributed by atoms with Crippen LogP contribution in [0, 0.1) is 0 Å². The van der Waals surface area contributed by atoms with Crippen LogP contribution in [0.15, 0.2) is 33.9 Å². The van der Waals surface area contributed by atoms with Gasteiger partial charge in [-0.1, -0.05) is 23.7 Å². The Morgan fingerprint density at radius 2 is 1.88 bits per heavy atom. The summed E-state index contributed by atoms with van der Waals surface area (Å²) in [6, 6.07) is 6.47. The summed E-state index contributed by atoms with van der Waals surface area (Å²) in [4.78, 5) is 46.2. The van der Waals surface area contributed by atoms with Crippen molar-refractivity contribution in [2.24, 2.45) is 14.1 Å². The second-order valence-electron chi connectivity index (χ2n) is 8.44. The number of aromatic nitrogens is 2. The molecule has 3 atom stereocenters. The molecule has 0 saturated carbocycles. The molecule has 2 aromatic rings. The lowest BCUT2D eigenvalue weighted by Gasteiger charge is -2.41. The molecular formula is C20H20ClF3N6O4. The number of hydrogen-bond acceptors (Lipinski definition) is 8. The van der Waals surface area contributed by atoms with Gasteiger partial charge in [-0.3, -0.25) is 23.7 Å². The van der Waals surface area contributed by atoms with Crippen molar-refractivity contribution in [3.05, 3.63) is 50.1 Å². The smallest absolute Gasteiger partial charge is 0.327 e. The molecular weight excluding hydrogens is 481 g/mol. The summed E-state index contributed by atoms with van der Waals surface area (Å²) in [5.74, 6) is -2.74. The van der Waals surface area contributed by atoms with Crippen molar-refractivity contribution < 1.29 is 22.8 Å². The maximum atomic E-state index is 13.3. The first-order valence-corrected chi connectivity index (χ1v) is 10.8. The topological polar surface area (TPSA) is 92.1 Å². The summed E-state index contributed by atoms with van der Waals surface area (Å²) < 4.78 is 41.6. The van der Waals surface area contributed by atoms with Gasteiger partial charge in [0, 0.05) is 39.3 Å². The lowest BCUT2D eigenvalue weighted by atomic mass is 10.2. The van der Waals surface area contributed by atoms with E-state index < -0.39 is 29.7 Å². The highest BCUT2D eigenvalue weighted by atomic mass is 35.5. The molecule has 0 spiro atoms. The molecule has 10 nitrogen and oxygen atoms in total. The van der Waals surface area contributed by atoms with E-state index in [0.717, 1.165) is 15.6 Å². The number of alkyl halides is 3. The Morgan fingerprint density at radius 3 is 2.47 bits per heavy atom. The molecule has 0 amide bonds. The van der Waals surface area contributed by atoms with Crippen LogP contribution in [0.3, 0.4) is 0 Å². The van der Waals surface area contributed by atoms with E-state index in [1.54, 1.807) is 24.3 Å². The molecule has 0 aliphatic carbocycles. The maximum absolute atomic E-state index is 13.3. The summed E-state index contributed by atoms with van der Waals surface area (Å²) in [6.45, 7) is 0.977. The van der Waals surface area contributed by atoms with Crippen molar-refractivity contribution in [2.75, 3.05) is 23.1 Å². The van der Waals surface area contributed by atoms with E-state index in [9.17, 15) is 27.6 Å². The fraction of sp³-hybridized carbons (Fsp3) is 0.450. The second-order valence-corrected chi connectivity index (χ2v) is 8.85. The monoisotopic (exact) mass is 500 g/mol. The number of likely N-dealkylation sites (tertiary alicyclic amines) is 1. The zero-order valence-corrected chi connectivity index (χ0v) is 18.8. The lowest BCUT2D eigenvalue weighted by molar-refractivity contribution is -0.203. The van der Waals surface area contributed by atoms with Crippen LogP contribution in [-0.2, 0) is 23.7 Å². The Kier molecular flexibility index (Phi) is 5.18. The first-order chi connectivity index (χ1) is 16.0. The van der Waals surface area contributed by atoms with Crippen molar-refractivity contribution in [3.8, 4) is 0 Å². The molecule has 3 unspecified atom stereocenters. The summed E-state index contributed by atoms with van der Waals surface area (Å²) >= 11 is 6.45. The third-order valence-corrected chi connectivity index (χ3v) is 6.74. The molecule has 182 valence electrons. The van der Waals surface area contributed by atoms with Crippen molar-refractivity contribution in [1.82, 2.24) is 19.4 Å². The highest BCUT2D eigenvalue weighted by Crippen LogP contribution is 2.46. The molecule has 14 heteroatoms. The minimum atomic E-state index is -5.30. The van der Waals surface area contributed by atoms with Gasteiger partial charge < -0.3 is 10.2 Å². The zero-order chi connectivity index (χ0) is 24.5. The number of carbonyl (C=O) groups is 1. The number of nitrogens with zero attached hydrogens (tertiary/aromatic N) is 5. The summed E-state index contributed by atoms with van der Waals surface area (Å²) in [6.07, 6.45) is -5.76. The number of anilines is 3. The fourth-order valence-corrected chi connectivity index (χ4v) is 5.12. The summed E-state index contributed by atoms with van der Waals surface area (Å²) in [5, 5.41) is 4.23. The molecule has 1 aromatic carbocycles. The van der Waals surface area contributed by atoms with E-state index in [4.69, 9.17) is 16.4 Å². The lowest BCUT2D eigenvalue weighted by Crippen LogP contribution is -2.60. The number of nitrogens with one attached hydrogen (secondary N) is 1.